The summed E-state index contributed by atoms with van der Waals surface area (Å²) in [4.78, 5) is 10.6. The van der Waals surface area contributed by atoms with Gasteiger partial charge < -0.3 is 14.6 Å². The fourth-order valence-corrected chi connectivity index (χ4v) is 2.12. The van der Waals surface area contributed by atoms with Crippen LogP contribution in [0.5, 0.6) is 5.75 Å². The largest absolute Gasteiger partial charge is 0.494 e. The minimum absolute atomic E-state index is 0.0584. The Morgan fingerprint density at radius 2 is 1.92 bits per heavy atom. The van der Waals surface area contributed by atoms with Gasteiger partial charge in [-0.1, -0.05) is 12.1 Å². The highest BCUT2D eigenvalue weighted by Gasteiger charge is 2.50. The minimum Gasteiger partial charge on any atom is -0.494 e. The summed E-state index contributed by atoms with van der Waals surface area (Å²) in [6.07, 6.45) is -2.21. The number of aliphatic carboxylic acids is 1. The number of carboxylic acids is 1. The summed E-state index contributed by atoms with van der Waals surface area (Å²) in [6, 6.07) is 5.48. The fourth-order valence-electron chi connectivity index (χ4n) is 2.12. The van der Waals surface area contributed by atoms with Crippen LogP contribution < -0.4 is 4.74 Å². The predicted molar refractivity (Wildman–Crippen MR) is 76.3 cm³/mol. The lowest BCUT2D eigenvalue weighted by Gasteiger charge is -2.29. The zero-order valence-corrected chi connectivity index (χ0v) is 12.6. The van der Waals surface area contributed by atoms with Crippen molar-refractivity contribution in [3.63, 3.8) is 0 Å². The Kier molecular flexibility index (Phi) is 5.16. The van der Waals surface area contributed by atoms with Gasteiger partial charge in [0.1, 0.15) is 12.4 Å². The van der Waals surface area contributed by atoms with Gasteiger partial charge >= 0.3 is 5.97 Å². The zero-order valence-electron chi connectivity index (χ0n) is 12.6. The molecule has 1 N–H and O–H groups in total. The van der Waals surface area contributed by atoms with E-state index in [1.54, 1.807) is 0 Å². The molecule has 8 heteroatoms. The van der Waals surface area contributed by atoms with E-state index in [0.29, 0.717) is 11.6 Å². The van der Waals surface area contributed by atoms with Gasteiger partial charge in [-0.05, 0) is 23.8 Å². The van der Waals surface area contributed by atoms with Gasteiger partial charge in [0.25, 0.3) is 0 Å². The number of halogens is 4. The van der Waals surface area contributed by atoms with E-state index < -0.39 is 41.8 Å². The molecule has 1 aliphatic rings. The van der Waals surface area contributed by atoms with Gasteiger partial charge in [-0.25, -0.2) is 13.2 Å². The first-order chi connectivity index (χ1) is 11.3. The van der Waals surface area contributed by atoms with Crippen molar-refractivity contribution in [3.05, 3.63) is 53.3 Å². The number of ether oxygens (including phenoxy) is 2. The molecular weight excluding hydrogens is 332 g/mol. The predicted octanol–water partition coefficient (Wildman–Crippen LogP) is 3.43. The molecule has 4 nitrogen and oxygen atoms in total. The summed E-state index contributed by atoms with van der Waals surface area (Å²) in [6.45, 7) is -1.10. The smallest absolute Gasteiger partial charge is 0.307 e. The van der Waals surface area contributed by atoms with Gasteiger partial charge in [0.15, 0.2) is 23.6 Å². The number of benzene rings is 1. The third-order valence-corrected chi connectivity index (χ3v) is 3.46. The summed E-state index contributed by atoms with van der Waals surface area (Å²) >= 11 is 0. The highest BCUT2D eigenvalue weighted by atomic mass is 19.2. The number of hydrogen-bond acceptors (Lipinski definition) is 3. The fraction of sp³-hybridized carbons (Fsp3) is 0.312. The maximum atomic E-state index is 14.5. The Morgan fingerprint density at radius 1 is 1.29 bits per heavy atom. The molecule has 130 valence electrons. The summed E-state index contributed by atoms with van der Waals surface area (Å²) < 4.78 is 65.3. The van der Waals surface area contributed by atoms with Crippen LogP contribution in [0.2, 0.25) is 0 Å². The Bertz CT molecular complexity index is 684. The highest BCUT2D eigenvalue weighted by molar-refractivity contribution is 5.70. The molecule has 24 heavy (non-hydrogen) atoms. The molecule has 0 amide bonds. The van der Waals surface area contributed by atoms with Gasteiger partial charge in [0.05, 0.1) is 13.5 Å². The van der Waals surface area contributed by atoms with Crippen LogP contribution in [0, 0.1) is 0 Å². The zero-order chi connectivity index (χ0) is 17.9. The quantitative estimate of drug-likeness (QED) is 0.802. The molecule has 0 saturated heterocycles. The van der Waals surface area contributed by atoms with Crippen molar-refractivity contribution in [1.29, 1.82) is 0 Å². The topological polar surface area (TPSA) is 55.8 Å². The van der Waals surface area contributed by atoms with Crippen molar-refractivity contribution in [2.24, 2.45) is 0 Å². The number of methoxy groups -OCH3 is 1. The van der Waals surface area contributed by atoms with Crippen molar-refractivity contribution in [3.8, 4) is 5.75 Å². The second-order valence-corrected chi connectivity index (χ2v) is 5.13. The molecule has 0 saturated carbocycles. The van der Waals surface area contributed by atoms with E-state index in [2.05, 4.69) is 4.74 Å². The van der Waals surface area contributed by atoms with Crippen molar-refractivity contribution < 1.29 is 36.9 Å². The standard InChI is InChI=1S/C16H14F4O4/c1-23-11-7-12(17)16(20,15(19)14(11)18)8-24-10-4-2-9(3-5-10)6-13(21)22/h2-5,7,12H,6,8H2,1H3,(H,21,22). The molecule has 1 aliphatic carbocycles. The molecule has 0 radical (unpaired) electrons. The Hall–Kier alpha value is -2.51. The summed E-state index contributed by atoms with van der Waals surface area (Å²) in [7, 11) is 1.01. The van der Waals surface area contributed by atoms with Crippen LogP contribution in [-0.2, 0) is 16.0 Å². The molecule has 0 heterocycles. The number of carboxylic acid groups (broad SMARTS) is 1. The van der Waals surface area contributed by atoms with Gasteiger partial charge in [-0.3, -0.25) is 4.79 Å². The molecule has 2 atom stereocenters. The molecule has 1 aromatic rings. The van der Waals surface area contributed by atoms with Crippen LogP contribution >= 0.6 is 0 Å². The second kappa shape index (κ2) is 6.94. The first-order valence-electron chi connectivity index (χ1n) is 6.86. The van der Waals surface area contributed by atoms with Gasteiger partial charge in [0.2, 0.25) is 5.67 Å². The van der Waals surface area contributed by atoms with Crippen LogP contribution in [0.3, 0.4) is 0 Å². The third kappa shape index (κ3) is 3.52. The molecule has 0 aliphatic heterocycles. The lowest BCUT2D eigenvalue weighted by Crippen LogP contribution is -2.43. The van der Waals surface area contributed by atoms with Crippen LogP contribution in [0.25, 0.3) is 0 Å². The van der Waals surface area contributed by atoms with E-state index in [0.717, 1.165) is 7.11 Å². The Morgan fingerprint density at radius 3 is 2.46 bits per heavy atom. The average Bonchev–Trinajstić information content (AvgIpc) is 2.55. The first-order valence-corrected chi connectivity index (χ1v) is 6.86. The van der Waals surface area contributed by atoms with Gasteiger partial charge in [-0.2, -0.15) is 4.39 Å². The second-order valence-electron chi connectivity index (χ2n) is 5.13. The molecular formula is C16H14F4O4. The van der Waals surface area contributed by atoms with E-state index in [-0.39, 0.29) is 12.2 Å². The molecule has 0 fully saturated rings. The lowest BCUT2D eigenvalue weighted by molar-refractivity contribution is -0.136. The van der Waals surface area contributed by atoms with Crippen LogP contribution in [0.1, 0.15) is 5.56 Å². The van der Waals surface area contributed by atoms with E-state index in [4.69, 9.17) is 9.84 Å². The molecule has 1 aromatic carbocycles. The summed E-state index contributed by atoms with van der Waals surface area (Å²) in [5.41, 5.74) is -2.85. The minimum atomic E-state index is -3.31. The van der Waals surface area contributed by atoms with Crippen LogP contribution in [0.4, 0.5) is 17.6 Å². The normalized spacial score (nSPS) is 23.7. The summed E-state index contributed by atoms with van der Waals surface area (Å²) in [5, 5.41) is 8.65. The Labute approximate surface area is 135 Å². The highest BCUT2D eigenvalue weighted by Crippen LogP contribution is 2.40. The third-order valence-electron chi connectivity index (χ3n) is 3.46. The monoisotopic (exact) mass is 346 g/mol. The van der Waals surface area contributed by atoms with E-state index >= 15 is 0 Å². The van der Waals surface area contributed by atoms with Crippen molar-refractivity contribution in [2.45, 2.75) is 18.3 Å². The van der Waals surface area contributed by atoms with Crippen LogP contribution in [-0.4, -0.2) is 36.6 Å². The van der Waals surface area contributed by atoms with Gasteiger partial charge in [0, 0.05) is 0 Å². The first kappa shape index (κ1) is 17.8. The molecule has 2 unspecified atom stereocenters. The SMILES string of the molecule is COC1=CC(F)C(F)(COc2ccc(CC(=O)O)cc2)C(F)=C1F. The molecule has 2 rings (SSSR count). The van der Waals surface area contributed by atoms with Crippen LogP contribution in [0.15, 0.2) is 47.8 Å². The molecule has 0 aromatic heterocycles. The maximum Gasteiger partial charge on any atom is 0.307 e. The van der Waals surface area contributed by atoms with E-state index in [9.17, 15) is 22.4 Å². The lowest BCUT2D eigenvalue weighted by atomic mass is 9.93. The van der Waals surface area contributed by atoms with Crippen molar-refractivity contribution in [1.82, 2.24) is 0 Å². The molecule has 0 spiro atoms. The number of carbonyl (C=O) groups is 1. The van der Waals surface area contributed by atoms with Crippen molar-refractivity contribution >= 4 is 5.97 Å². The number of allylic oxidation sites excluding steroid dienone is 2. The number of rotatable bonds is 6. The number of hydrogen-bond donors (Lipinski definition) is 1. The van der Waals surface area contributed by atoms with E-state index in [1.807, 2.05) is 0 Å². The average molecular weight is 346 g/mol. The number of alkyl halides is 2. The van der Waals surface area contributed by atoms with E-state index in [1.165, 1.54) is 24.3 Å². The molecule has 0 bridgehead atoms. The Balaban J connectivity index is 2.10. The van der Waals surface area contributed by atoms with Gasteiger partial charge in [-0.15, -0.1) is 0 Å². The maximum absolute atomic E-state index is 14.5. The summed E-state index contributed by atoms with van der Waals surface area (Å²) in [5.74, 6) is -5.24. The van der Waals surface area contributed by atoms with Crippen molar-refractivity contribution in [2.75, 3.05) is 13.7 Å².